The van der Waals surface area contributed by atoms with Crippen LogP contribution >= 0.6 is 0 Å². The summed E-state index contributed by atoms with van der Waals surface area (Å²) in [6.07, 6.45) is 0. The number of benzene rings is 1. The third-order valence-electron chi connectivity index (χ3n) is 4.03. The molecule has 0 saturated heterocycles. The van der Waals surface area contributed by atoms with E-state index in [1.165, 1.54) is 0 Å². The van der Waals surface area contributed by atoms with E-state index in [1.54, 1.807) is 7.11 Å². The molecule has 1 atom stereocenters. The van der Waals surface area contributed by atoms with Crippen LogP contribution in [0.5, 0.6) is 11.5 Å². The number of fused-ring (bicyclic) bond motifs is 1. The molecule has 4 nitrogen and oxygen atoms in total. The minimum atomic E-state index is -0.864. The van der Waals surface area contributed by atoms with Gasteiger partial charge in [-0.25, -0.2) is 0 Å². The zero-order valence-corrected chi connectivity index (χ0v) is 12.2. The van der Waals surface area contributed by atoms with Crippen molar-refractivity contribution in [2.45, 2.75) is 46.1 Å². The Morgan fingerprint density at radius 2 is 1.79 bits per heavy atom. The molecule has 1 aliphatic rings. The summed E-state index contributed by atoms with van der Waals surface area (Å²) in [4.78, 5) is 11.6. The van der Waals surface area contributed by atoms with Crippen LogP contribution in [0.4, 0.5) is 0 Å². The van der Waals surface area contributed by atoms with Gasteiger partial charge in [0.1, 0.15) is 23.0 Å². The summed E-state index contributed by atoms with van der Waals surface area (Å²) in [5.41, 5.74) is 2.81. The second kappa shape index (κ2) is 4.15. The number of rotatable bonds is 2. The maximum absolute atomic E-state index is 11.6. The van der Waals surface area contributed by atoms with E-state index in [1.807, 2.05) is 34.6 Å². The van der Waals surface area contributed by atoms with Crippen molar-refractivity contribution in [2.75, 3.05) is 7.11 Å². The van der Waals surface area contributed by atoms with Crippen molar-refractivity contribution in [1.29, 1.82) is 0 Å². The van der Waals surface area contributed by atoms with Crippen molar-refractivity contribution in [3.8, 4) is 11.5 Å². The Kier molecular flexibility index (Phi) is 3.00. The molecular formula is C15H20O4. The number of ether oxygens (including phenoxy) is 2. The third-order valence-corrected chi connectivity index (χ3v) is 4.03. The predicted octanol–water partition coefficient (Wildman–Crippen LogP) is 2.96. The summed E-state index contributed by atoms with van der Waals surface area (Å²) in [7, 11) is 1.61. The lowest BCUT2D eigenvalue weighted by Gasteiger charge is -2.23. The molecule has 0 spiro atoms. The fourth-order valence-corrected chi connectivity index (χ4v) is 2.99. The molecule has 0 fully saturated rings. The van der Waals surface area contributed by atoms with Crippen molar-refractivity contribution in [2.24, 2.45) is 0 Å². The van der Waals surface area contributed by atoms with Crippen molar-refractivity contribution >= 4 is 5.97 Å². The van der Waals surface area contributed by atoms with Gasteiger partial charge in [0.05, 0.1) is 7.11 Å². The van der Waals surface area contributed by atoms with Crippen molar-refractivity contribution in [1.82, 2.24) is 0 Å². The van der Waals surface area contributed by atoms with Crippen molar-refractivity contribution < 1.29 is 19.4 Å². The molecule has 0 aliphatic carbocycles. The van der Waals surface area contributed by atoms with Crippen LogP contribution in [0.2, 0.25) is 0 Å². The van der Waals surface area contributed by atoms with Crippen LogP contribution in [0.15, 0.2) is 0 Å². The van der Waals surface area contributed by atoms with Gasteiger partial charge in [-0.15, -0.1) is 0 Å². The topological polar surface area (TPSA) is 55.8 Å². The lowest BCUT2D eigenvalue weighted by molar-refractivity contribution is -0.142. The molecule has 0 amide bonds. The van der Waals surface area contributed by atoms with Crippen LogP contribution < -0.4 is 9.47 Å². The van der Waals surface area contributed by atoms with E-state index in [-0.39, 0.29) is 0 Å². The minimum Gasteiger partial charge on any atom is -0.496 e. The normalized spacial score (nSPS) is 19.8. The van der Waals surface area contributed by atoms with Gasteiger partial charge in [-0.1, -0.05) is 0 Å². The average Bonchev–Trinajstić information content (AvgIpc) is 2.59. The summed E-state index contributed by atoms with van der Waals surface area (Å²) in [6.45, 7) is 9.42. The molecule has 4 heteroatoms. The van der Waals surface area contributed by atoms with Crippen LogP contribution in [-0.4, -0.2) is 23.8 Å². The smallest absolute Gasteiger partial charge is 0.315 e. The molecule has 0 bridgehead atoms. The first-order chi connectivity index (χ1) is 8.72. The van der Waals surface area contributed by atoms with E-state index in [0.29, 0.717) is 5.75 Å². The van der Waals surface area contributed by atoms with Crippen LogP contribution in [0.1, 0.15) is 42.0 Å². The van der Waals surface area contributed by atoms with Gasteiger partial charge in [-0.05, 0) is 51.3 Å². The van der Waals surface area contributed by atoms with E-state index in [4.69, 9.17) is 9.47 Å². The van der Waals surface area contributed by atoms with E-state index in [9.17, 15) is 9.90 Å². The second-order valence-electron chi connectivity index (χ2n) is 5.63. The molecule has 0 radical (unpaired) electrons. The van der Waals surface area contributed by atoms with Crippen molar-refractivity contribution in [3.63, 3.8) is 0 Å². The standard InChI is InChI=1S/C15H20O4/c1-7-8(2)13-10(9(3)12(7)18-6)11(14(16)17)15(4,5)19-13/h11H,1-6H3,(H,16,17). The highest BCUT2D eigenvalue weighted by atomic mass is 16.5. The number of carboxylic acids is 1. The monoisotopic (exact) mass is 264 g/mol. The van der Waals surface area contributed by atoms with Crippen molar-refractivity contribution in [3.05, 3.63) is 22.3 Å². The van der Waals surface area contributed by atoms with Gasteiger partial charge >= 0.3 is 5.97 Å². The number of aliphatic carboxylic acids is 1. The Morgan fingerprint density at radius 1 is 1.21 bits per heavy atom. The van der Waals surface area contributed by atoms with Crippen LogP contribution in [-0.2, 0) is 4.79 Å². The highest BCUT2D eigenvalue weighted by Gasteiger charge is 2.48. The lowest BCUT2D eigenvalue weighted by atomic mass is 9.83. The van der Waals surface area contributed by atoms with Crippen LogP contribution in [0.3, 0.4) is 0 Å². The first kappa shape index (κ1) is 13.7. The maximum Gasteiger partial charge on any atom is 0.315 e. The summed E-state index contributed by atoms with van der Waals surface area (Å²) in [5.74, 6) is -0.0788. The SMILES string of the molecule is COc1c(C)c(C)c2c(c1C)C(C(=O)O)C(C)(C)O2. The zero-order valence-electron chi connectivity index (χ0n) is 12.2. The summed E-state index contributed by atoms with van der Waals surface area (Å²) >= 11 is 0. The first-order valence-electron chi connectivity index (χ1n) is 6.31. The van der Waals surface area contributed by atoms with Gasteiger partial charge in [0.15, 0.2) is 0 Å². The first-order valence-corrected chi connectivity index (χ1v) is 6.31. The Balaban J connectivity index is 2.80. The summed E-state index contributed by atoms with van der Waals surface area (Å²) in [5, 5.41) is 9.52. The molecular weight excluding hydrogens is 244 g/mol. The predicted molar refractivity (Wildman–Crippen MR) is 72.3 cm³/mol. The molecule has 0 saturated carbocycles. The fourth-order valence-electron chi connectivity index (χ4n) is 2.99. The second-order valence-corrected chi connectivity index (χ2v) is 5.63. The number of carboxylic acid groups (broad SMARTS) is 1. The molecule has 0 aromatic heterocycles. The summed E-state index contributed by atoms with van der Waals surface area (Å²) in [6, 6.07) is 0. The van der Waals surface area contributed by atoms with Gasteiger partial charge in [0, 0.05) is 5.56 Å². The largest absolute Gasteiger partial charge is 0.496 e. The number of hydrogen-bond acceptors (Lipinski definition) is 3. The molecule has 1 aromatic carbocycles. The minimum absolute atomic E-state index is 0.671. The molecule has 1 heterocycles. The Labute approximate surface area is 113 Å². The lowest BCUT2D eigenvalue weighted by Crippen LogP contribution is -2.35. The summed E-state index contributed by atoms with van der Waals surface area (Å²) < 4.78 is 11.4. The number of hydrogen-bond donors (Lipinski definition) is 1. The van der Waals surface area contributed by atoms with Crippen LogP contribution in [0.25, 0.3) is 0 Å². The highest BCUT2D eigenvalue weighted by Crippen LogP contribution is 2.51. The number of carbonyl (C=O) groups is 1. The highest BCUT2D eigenvalue weighted by molar-refractivity contribution is 5.82. The van der Waals surface area contributed by atoms with Crippen LogP contribution in [0, 0.1) is 20.8 Å². The van der Waals surface area contributed by atoms with Gasteiger partial charge in [0.25, 0.3) is 0 Å². The van der Waals surface area contributed by atoms with E-state index in [2.05, 4.69) is 0 Å². The van der Waals surface area contributed by atoms with Gasteiger partial charge in [0.2, 0.25) is 0 Å². The van der Waals surface area contributed by atoms with Gasteiger partial charge in [-0.2, -0.15) is 0 Å². The van der Waals surface area contributed by atoms with E-state index < -0.39 is 17.5 Å². The van der Waals surface area contributed by atoms with Gasteiger partial charge < -0.3 is 14.6 Å². The van der Waals surface area contributed by atoms with E-state index >= 15 is 0 Å². The molecule has 2 rings (SSSR count). The average molecular weight is 264 g/mol. The Bertz CT molecular complexity index is 558. The molecule has 1 aromatic rings. The van der Waals surface area contributed by atoms with Gasteiger partial charge in [-0.3, -0.25) is 4.79 Å². The zero-order chi connectivity index (χ0) is 14.5. The Morgan fingerprint density at radius 3 is 2.26 bits per heavy atom. The molecule has 1 aliphatic heterocycles. The number of methoxy groups -OCH3 is 1. The third kappa shape index (κ3) is 1.78. The molecule has 19 heavy (non-hydrogen) atoms. The molecule has 1 N–H and O–H groups in total. The van der Waals surface area contributed by atoms with E-state index in [0.717, 1.165) is 28.0 Å². The molecule has 1 unspecified atom stereocenters. The fraction of sp³-hybridized carbons (Fsp3) is 0.533. The maximum atomic E-state index is 11.6. The molecule has 104 valence electrons. The quantitative estimate of drug-likeness (QED) is 0.892. The Hall–Kier alpha value is -1.71.